The van der Waals surface area contributed by atoms with Gasteiger partial charge < -0.3 is 14.9 Å². The number of nitrogens with one attached hydrogen (secondary N) is 1. The predicted octanol–water partition coefficient (Wildman–Crippen LogP) is 4.23. The monoisotopic (exact) mass is 390 g/mol. The van der Waals surface area contributed by atoms with Crippen LogP contribution in [0.3, 0.4) is 0 Å². The second-order valence-corrected chi connectivity index (χ2v) is 7.48. The molecule has 1 saturated carbocycles. The number of benzene rings is 2. The minimum Gasteiger partial charge on any atom is -0.493 e. The highest BCUT2D eigenvalue weighted by molar-refractivity contribution is 6.01. The Morgan fingerprint density at radius 2 is 2.14 bits per heavy atom. The van der Waals surface area contributed by atoms with Crippen LogP contribution in [-0.2, 0) is 17.9 Å². The molecule has 0 unspecified atom stereocenters. The summed E-state index contributed by atoms with van der Waals surface area (Å²) < 4.78 is 5.64. The summed E-state index contributed by atoms with van der Waals surface area (Å²) in [4.78, 5) is 17.9. The van der Waals surface area contributed by atoms with Crippen LogP contribution < -0.4 is 10.1 Å². The lowest BCUT2D eigenvalue weighted by atomic mass is 10.0. The number of ether oxygens (including phenoxy) is 1. The van der Waals surface area contributed by atoms with Crippen molar-refractivity contribution in [3.63, 3.8) is 0 Å². The normalized spacial score (nSPS) is 17.0. The Balaban J connectivity index is 1.35. The number of hydrazone groups is 1. The van der Waals surface area contributed by atoms with E-state index in [1.54, 1.807) is 0 Å². The lowest BCUT2D eigenvalue weighted by Gasteiger charge is -2.15. The van der Waals surface area contributed by atoms with Gasteiger partial charge in [-0.1, -0.05) is 29.4 Å². The Hall–Kier alpha value is -3.35. The molecule has 0 bridgehead atoms. The van der Waals surface area contributed by atoms with Gasteiger partial charge in [0.15, 0.2) is 0 Å². The molecule has 2 amide bonds. The molecule has 2 aliphatic heterocycles. The van der Waals surface area contributed by atoms with Crippen LogP contribution >= 0.6 is 0 Å². The summed E-state index contributed by atoms with van der Waals surface area (Å²) in [6.45, 7) is 2.95. The number of anilines is 1. The van der Waals surface area contributed by atoms with Gasteiger partial charge in [0.2, 0.25) is 0 Å². The van der Waals surface area contributed by atoms with Crippen LogP contribution in [0.15, 0.2) is 46.7 Å². The number of amides is 2. The second kappa shape index (κ2) is 7.24. The van der Waals surface area contributed by atoms with E-state index in [2.05, 4.69) is 21.6 Å². The zero-order valence-electron chi connectivity index (χ0n) is 16.2. The lowest BCUT2D eigenvalue weighted by molar-refractivity contribution is 0.130. The highest BCUT2D eigenvalue weighted by Gasteiger charge is 2.28. The molecule has 3 aliphatic rings. The maximum Gasteiger partial charge on any atom is 0.348 e. The van der Waals surface area contributed by atoms with Gasteiger partial charge in [-0.15, -0.1) is 0 Å². The molecule has 0 saturated heterocycles. The van der Waals surface area contributed by atoms with E-state index in [1.807, 2.05) is 37.3 Å². The molecule has 1 fully saturated rings. The van der Waals surface area contributed by atoms with Gasteiger partial charge in [-0.25, -0.2) is 4.79 Å². The third-order valence-corrected chi connectivity index (χ3v) is 5.45. The highest BCUT2D eigenvalue weighted by atomic mass is 16.6. The number of oxime groups is 1. The van der Waals surface area contributed by atoms with Gasteiger partial charge in [0, 0.05) is 28.8 Å². The van der Waals surface area contributed by atoms with Gasteiger partial charge in [0.05, 0.1) is 12.3 Å². The second-order valence-electron chi connectivity index (χ2n) is 7.48. The number of urea groups is 1. The van der Waals surface area contributed by atoms with Gasteiger partial charge >= 0.3 is 6.03 Å². The van der Waals surface area contributed by atoms with Crippen molar-refractivity contribution in [2.24, 2.45) is 10.3 Å². The number of hydrogen-bond acceptors (Lipinski definition) is 5. The Labute approximate surface area is 169 Å². The molecule has 7 heteroatoms. The number of carbonyl (C=O) groups excluding carboxylic acids is 1. The molecule has 148 valence electrons. The van der Waals surface area contributed by atoms with E-state index in [9.17, 15) is 4.79 Å². The first-order chi connectivity index (χ1) is 14.2. The third-order valence-electron chi connectivity index (χ3n) is 5.45. The van der Waals surface area contributed by atoms with Crippen LogP contribution in [0.2, 0.25) is 0 Å². The Bertz CT molecular complexity index is 1020. The molecule has 0 spiro atoms. The average Bonchev–Trinajstić information content (AvgIpc) is 3.65. The van der Waals surface area contributed by atoms with Crippen molar-refractivity contribution in [2.75, 3.05) is 11.9 Å². The quantitative estimate of drug-likeness (QED) is 0.592. The zero-order valence-corrected chi connectivity index (χ0v) is 16.2. The van der Waals surface area contributed by atoms with Gasteiger partial charge in [-0.05, 0) is 43.4 Å². The molecule has 0 atom stereocenters. The first kappa shape index (κ1) is 17.7. The third kappa shape index (κ3) is 3.68. The number of rotatable bonds is 6. The number of nitrogens with zero attached hydrogens (tertiary/aromatic N) is 3. The fourth-order valence-electron chi connectivity index (χ4n) is 3.77. The first-order valence-electron chi connectivity index (χ1n) is 9.88. The van der Waals surface area contributed by atoms with Crippen LogP contribution in [0.4, 0.5) is 10.5 Å². The number of hydrogen-bond donors (Lipinski definition) is 1. The van der Waals surface area contributed by atoms with E-state index in [0.29, 0.717) is 19.1 Å². The molecule has 5 rings (SSSR count). The van der Waals surface area contributed by atoms with E-state index >= 15 is 0 Å². The van der Waals surface area contributed by atoms with Crippen molar-refractivity contribution < 1.29 is 14.4 Å². The number of carbonyl (C=O) groups is 1. The van der Waals surface area contributed by atoms with Gasteiger partial charge in [0.1, 0.15) is 18.7 Å². The topological polar surface area (TPSA) is 75.3 Å². The summed E-state index contributed by atoms with van der Waals surface area (Å²) in [5.74, 6) is 1.46. The molecule has 2 aromatic rings. The first-order valence-corrected chi connectivity index (χ1v) is 9.88. The Morgan fingerprint density at radius 1 is 1.31 bits per heavy atom. The SMILES string of the molecule is C/C(=N\OCc1c(NC(=O)N2C=N2)cccc1C1CC1)c1cccc2c1CCO2. The van der Waals surface area contributed by atoms with Crippen molar-refractivity contribution in [3.05, 3.63) is 58.7 Å². The minimum atomic E-state index is -0.265. The highest BCUT2D eigenvalue weighted by Crippen LogP contribution is 2.43. The molecule has 2 heterocycles. The van der Waals surface area contributed by atoms with E-state index in [-0.39, 0.29) is 6.03 Å². The van der Waals surface area contributed by atoms with Crippen LogP contribution in [0.1, 0.15) is 47.9 Å². The lowest BCUT2D eigenvalue weighted by Crippen LogP contribution is -2.20. The predicted molar refractivity (Wildman–Crippen MR) is 110 cm³/mol. The molecule has 7 nitrogen and oxygen atoms in total. The van der Waals surface area contributed by atoms with Crippen LogP contribution in [0.5, 0.6) is 5.75 Å². The minimum absolute atomic E-state index is 0.265. The van der Waals surface area contributed by atoms with E-state index in [1.165, 1.54) is 22.5 Å². The maximum atomic E-state index is 12.1. The molecule has 1 aliphatic carbocycles. The standard InChI is InChI=1S/C22H22N4O3/c1-14(16-4-3-7-21-18(16)10-11-28-21)25-29-12-19-17(15-8-9-15)5-2-6-20(19)24-22(27)26-13-23-26/h2-7,13,15H,8-12H2,1H3,(H,24,27)/b25-14+. The summed E-state index contributed by atoms with van der Waals surface area (Å²) in [5, 5.41) is 12.3. The van der Waals surface area contributed by atoms with Gasteiger partial charge in [-0.2, -0.15) is 10.1 Å². The Kier molecular flexibility index (Phi) is 4.42. The zero-order chi connectivity index (χ0) is 19.8. The Morgan fingerprint density at radius 3 is 2.93 bits per heavy atom. The molecule has 0 radical (unpaired) electrons. The van der Waals surface area contributed by atoms with Gasteiger partial charge in [0.25, 0.3) is 0 Å². The summed E-state index contributed by atoms with van der Waals surface area (Å²) in [6.07, 6.45) is 4.69. The van der Waals surface area contributed by atoms with E-state index in [4.69, 9.17) is 9.57 Å². The van der Waals surface area contributed by atoms with Crippen molar-refractivity contribution in [1.29, 1.82) is 0 Å². The van der Waals surface area contributed by atoms with Crippen LogP contribution in [-0.4, -0.2) is 29.7 Å². The fourth-order valence-corrected chi connectivity index (χ4v) is 3.77. The summed E-state index contributed by atoms with van der Waals surface area (Å²) in [5.41, 5.74) is 6.00. The average molecular weight is 390 g/mol. The molecule has 29 heavy (non-hydrogen) atoms. The smallest absolute Gasteiger partial charge is 0.348 e. The number of fused-ring (bicyclic) bond motifs is 1. The van der Waals surface area contributed by atoms with Crippen molar-refractivity contribution >= 4 is 23.8 Å². The maximum absolute atomic E-state index is 12.1. The summed E-state index contributed by atoms with van der Waals surface area (Å²) >= 11 is 0. The molecule has 1 N–H and O–H groups in total. The molecule has 2 aromatic carbocycles. The fraction of sp³-hybridized carbons (Fsp3) is 0.318. The van der Waals surface area contributed by atoms with E-state index < -0.39 is 0 Å². The summed E-state index contributed by atoms with van der Waals surface area (Å²) in [7, 11) is 0. The van der Waals surface area contributed by atoms with E-state index in [0.717, 1.165) is 47.5 Å². The summed E-state index contributed by atoms with van der Waals surface area (Å²) in [6, 6.07) is 11.7. The molecule has 0 aromatic heterocycles. The van der Waals surface area contributed by atoms with Crippen LogP contribution in [0, 0.1) is 0 Å². The van der Waals surface area contributed by atoms with Crippen molar-refractivity contribution in [3.8, 4) is 5.75 Å². The van der Waals surface area contributed by atoms with Crippen molar-refractivity contribution in [1.82, 2.24) is 5.01 Å². The van der Waals surface area contributed by atoms with Gasteiger partial charge in [-0.3, -0.25) is 0 Å². The molecular weight excluding hydrogens is 368 g/mol. The molecular formula is C22H22N4O3. The largest absolute Gasteiger partial charge is 0.493 e. The van der Waals surface area contributed by atoms with Crippen molar-refractivity contribution in [2.45, 2.75) is 38.7 Å². The van der Waals surface area contributed by atoms with Crippen LogP contribution in [0.25, 0.3) is 0 Å².